The highest BCUT2D eigenvalue weighted by molar-refractivity contribution is 5.85. The van der Waals surface area contributed by atoms with Crippen molar-refractivity contribution in [3.8, 4) is 11.5 Å². The van der Waals surface area contributed by atoms with Crippen molar-refractivity contribution >= 4 is 10.8 Å². The lowest BCUT2D eigenvalue weighted by molar-refractivity contribution is 0.283. The number of hydrogen-bond donors (Lipinski definition) is 1. The van der Waals surface area contributed by atoms with Crippen LogP contribution in [-0.2, 0) is 6.61 Å². The summed E-state index contributed by atoms with van der Waals surface area (Å²) in [6.45, 7) is 4.47. The number of fused-ring (bicyclic) bond motifs is 1. The zero-order chi connectivity index (χ0) is 14.8. The topological polar surface area (TPSA) is 60.2 Å². The van der Waals surface area contributed by atoms with Crippen molar-refractivity contribution in [3.05, 3.63) is 48.5 Å². The Hall–Kier alpha value is -2.56. The maximum Gasteiger partial charge on any atom is 0.165 e. The van der Waals surface area contributed by atoms with E-state index in [1.807, 2.05) is 28.9 Å². The third-order valence-corrected chi connectivity index (χ3v) is 3.30. The molecule has 3 rings (SSSR count). The van der Waals surface area contributed by atoms with E-state index < -0.39 is 0 Å². The van der Waals surface area contributed by atoms with Crippen LogP contribution in [0.15, 0.2) is 42.7 Å². The first-order valence-electron chi connectivity index (χ1n) is 6.87. The molecule has 1 N–H and O–H groups in total. The van der Waals surface area contributed by atoms with Crippen molar-refractivity contribution in [1.29, 1.82) is 0 Å². The average molecular weight is 283 g/mol. The minimum Gasteiger partial charge on any atom is -0.508 e. The van der Waals surface area contributed by atoms with Crippen molar-refractivity contribution < 1.29 is 9.84 Å². The highest BCUT2D eigenvalue weighted by Gasteiger charge is 2.08. The third-order valence-electron chi connectivity index (χ3n) is 3.30. The van der Waals surface area contributed by atoms with Crippen molar-refractivity contribution in [2.24, 2.45) is 0 Å². The number of aromatic hydroxyl groups is 1. The Morgan fingerprint density at radius 2 is 1.95 bits per heavy atom. The van der Waals surface area contributed by atoms with Crippen LogP contribution in [0.2, 0.25) is 0 Å². The van der Waals surface area contributed by atoms with E-state index in [1.165, 1.54) is 6.33 Å². The molecule has 0 unspecified atom stereocenters. The second-order valence-electron chi connectivity index (χ2n) is 5.20. The lowest BCUT2D eigenvalue weighted by Gasteiger charge is -2.11. The largest absolute Gasteiger partial charge is 0.508 e. The predicted molar refractivity (Wildman–Crippen MR) is 80.4 cm³/mol. The van der Waals surface area contributed by atoms with E-state index >= 15 is 0 Å². The van der Waals surface area contributed by atoms with Crippen LogP contribution in [0.5, 0.6) is 11.5 Å². The maximum atomic E-state index is 9.54. The molecule has 0 radical (unpaired) electrons. The highest BCUT2D eigenvalue weighted by atomic mass is 16.5. The summed E-state index contributed by atoms with van der Waals surface area (Å²) in [5.41, 5.74) is 0. The van der Waals surface area contributed by atoms with Crippen LogP contribution >= 0.6 is 0 Å². The zero-order valence-corrected chi connectivity index (χ0v) is 12.0. The molecular formula is C16H17N3O2. The van der Waals surface area contributed by atoms with Gasteiger partial charge in [-0.3, -0.25) is 0 Å². The molecule has 2 aromatic carbocycles. The first-order valence-corrected chi connectivity index (χ1v) is 6.87. The molecule has 3 aromatic rings. The molecule has 0 aliphatic carbocycles. The molecule has 1 heterocycles. The summed E-state index contributed by atoms with van der Waals surface area (Å²) in [5, 5.41) is 15.7. The van der Waals surface area contributed by atoms with Gasteiger partial charge in [0.2, 0.25) is 0 Å². The summed E-state index contributed by atoms with van der Waals surface area (Å²) in [5.74, 6) is 1.78. The summed E-state index contributed by atoms with van der Waals surface area (Å²) in [6.07, 6.45) is 1.54. The number of ether oxygens (including phenoxy) is 1. The van der Waals surface area contributed by atoms with Crippen LogP contribution in [0.25, 0.3) is 10.8 Å². The minimum absolute atomic E-state index is 0.249. The predicted octanol–water partition coefficient (Wildman–Crippen LogP) is 3.30. The van der Waals surface area contributed by atoms with Crippen LogP contribution in [0.1, 0.15) is 25.7 Å². The molecule has 0 aliphatic heterocycles. The third kappa shape index (κ3) is 2.81. The van der Waals surface area contributed by atoms with Gasteiger partial charge in [-0.15, -0.1) is 0 Å². The van der Waals surface area contributed by atoms with Crippen molar-refractivity contribution in [1.82, 2.24) is 14.8 Å². The van der Waals surface area contributed by atoms with Gasteiger partial charge in [-0.25, -0.2) is 9.67 Å². The van der Waals surface area contributed by atoms with E-state index in [0.717, 1.165) is 22.3 Å². The molecule has 0 fully saturated rings. The lowest BCUT2D eigenvalue weighted by Crippen LogP contribution is -2.10. The fourth-order valence-corrected chi connectivity index (χ4v) is 2.26. The van der Waals surface area contributed by atoms with Gasteiger partial charge in [-0.05, 0) is 48.9 Å². The van der Waals surface area contributed by atoms with Gasteiger partial charge in [0.05, 0.1) is 0 Å². The molecule has 5 nitrogen and oxygen atoms in total. The standard InChI is InChI=1S/C16H17N3O2/c1-11(2)19-16(17-10-18-19)9-21-15-6-4-12-3-5-14(20)7-13(12)8-15/h3-8,10-11,20H,9H2,1-2H3. The number of aromatic nitrogens is 3. The van der Waals surface area contributed by atoms with E-state index in [0.29, 0.717) is 6.61 Å². The minimum atomic E-state index is 0.249. The summed E-state index contributed by atoms with van der Waals surface area (Å²) >= 11 is 0. The van der Waals surface area contributed by atoms with Gasteiger partial charge in [0.15, 0.2) is 5.82 Å². The Morgan fingerprint density at radius 3 is 2.76 bits per heavy atom. The molecule has 0 spiro atoms. The van der Waals surface area contributed by atoms with E-state index in [4.69, 9.17) is 4.74 Å². The monoisotopic (exact) mass is 283 g/mol. The van der Waals surface area contributed by atoms with Crippen LogP contribution in [0.3, 0.4) is 0 Å². The molecule has 5 heteroatoms. The van der Waals surface area contributed by atoms with Crippen molar-refractivity contribution in [2.45, 2.75) is 26.5 Å². The van der Waals surface area contributed by atoms with Gasteiger partial charge in [0, 0.05) is 6.04 Å². The SMILES string of the molecule is CC(C)n1ncnc1COc1ccc2ccc(O)cc2c1. The summed E-state index contributed by atoms with van der Waals surface area (Å²) in [4.78, 5) is 4.22. The van der Waals surface area contributed by atoms with Crippen LogP contribution in [0, 0.1) is 0 Å². The number of phenols is 1. The fraction of sp³-hybridized carbons (Fsp3) is 0.250. The average Bonchev–Trinajstić information content (AvgIpc) is 2.93. The van der Waals surface area contributed by atoms with Gasteiger partial charge in [0.25, 0.3) is 0 Å². The normalized spacial score (nSPS) is 11.2. The maximum absolute atomic E-state index is 9.54. The Balaban J connectivity index is 1.80. The molecule has 108 valence electrons. The zero-order valence-electron chi connectivity index (χ0n) is 12.0. The molecule has 0 amide bonds. The Labute approximate surface area is 122 Å². The number of nitrogens with zero attached hydrogens (tertiary/aromatic N) is 3. The summed E-state index contributed by atoms with van der Waals surface area (Å²) in [6, 6.07) is 11.3. The fourth-order valence-electron chi connectivity index (χ4n) is 2.26. The molecule has 0 aliphatic rings. The second kappa shape index (κ2) is 5.44. The molecule has 1 aromatic heterocycles. The summed E-state index contributed by atoms with van der Waals surface area (Å²) in [7, 11) is 0. The first kappa shape index (κ1) is 13.4. The molecule has 0 saturated heterocycles. The Morgan fingerprint density at radius 1 is 1.14 bits per heavy atom. The first-order chi connectivity index (χ1) is 10.1. The quantitative estimate of drug-likeness (QED) is 0.798. The van der Waals surface area contributed by atoms with Crippen LogP contribution < -0.4 is 4.74 Å². The molecular weight excluding hydrogens is 266 g/mol. The molecule has 0 bridgehead atoms. The van der Waals surface area contributed by atoms with Crippen molar-refractivity contribution in [3.63, 3.8) is 0 Å². The van der Waals surface area contributed by atoms with Gasteiger partial charge in [-0.2, -0.15) is 5.10 Å². The smallest absolute Gasteiger partial charge is 0.165 e. The van der Waals surface area contributed by atoms with Gasteiger partial charge in [-0.1, -0.05) is 12.1 Å². The highest BCUT2D eigenvalue weighted by Crippen LogP contribution is 2.24. The van der Waals surface area contributed by atoms with E-state index in [2.05, 4.69) is 23.9 Å². The molecule has 0 atom stereocenters. The van der Waals surface area contributed by atoms with E-state index in [1.54, 1.807) is 12.1 Å². The van der Waals surface area contributed by atoms with Crippen LogP contribution in [-0.4, -0.2) is 19.9 Å². The number of benzene rings is 2. The van der Waals surface area contributed by atoms with Gasteiger partial charge < -0.3 is 9.84 Å². The van der Waals surface area contributed by atoms with Gasteiger partial charge >= 0.3 is 0 Å². The van der Waals surface area contributed by atoms with E-state index in [-0.39, 0.29) is 11.8 Å². The molecule has 21 heavy (non-hydrogen) atoms. The summed E-state index contributed by atoms with van der Waals surface area (Å²) < 4.78 is 7.62. The van der Waals surface area contributed by atoms with E-state index in [9.17, 15) is 5.11 Å². The number of rotatable bonds is 4. The Bertz CT molecular complexity index is 765. The second-order valence-corrected chi connectivity index (χ2v) is 5.20. The van der Waals surface area contributed by atoms with Crippen molar-refractivity contribution in [2.75, 3.05) is 0 Å². The number of phenolic OH excluding ortho intramolecular Hbond substituents is 1. The Kier molecular flexibility index (Phi) is 3.48. The van der Waals surface area contributed by atoms with Gasteiger partial charge in [0.1, 0.15) is 24.4 Å². The lowest BCUT2D eigenvalue weighted by atomic mass is 10.1. The molecule has 0 saturated carbocycles. The number of hydrogen-bond acceptors (Lipinski definition) is 4. The van der Waals surface area contributed by atoms with Crippen LogP contribution in [0.4, 0.5) is 0 Å².